The van der Waals surface area contributed by atoms with Crippen LogP contribution in [0.4, 0.5) is 0 Å². The molecular formula is C3Cl3N. The standard InChI is InChI=1S/C3Cl3N/c4-1-2(5)7-3(1)6. The molecule has 0 aromatic rings. The zero-order valence-electron chi connectivity index (χ0n) is 3.08. The van der Waals surface area contributed by atoms with Gasteiger partial charge in [-0.3, -0.25) is 0 Å². The van der Waals surface area contributed by atoms with Crippen LogP contribution in [0.25, 0.3) is 0 Å². The fourth-order valence-corrected chi connectivity index (χ4v) is 0.741. The molecule has 0 saturated heterocycles. The lowest BCUT2D eigenvalue weighted by Gasteiger charge is -2.04. The lowest BCUT2D eigenvalue weighted by molar-refractivity contribution is 1.45. The van der Waals surface area contributed by atoms with Crippen LogP contribution in [0.3, 0.4) is 0 Å². The third-order valence-electron chi connectivity index (χ3n) is 0.559. The summed E-state index contributed by atoms with van der Waals surface area (Å²) in [6, 6.07) is 0. The van der Waals surface area contributed by atoms with E-state index in [4.69, 9.17) is 34.8 Å². The summed E-state index contributed by atoms with van der Waals surface area (Å²) < 4.78 is 0. The summed E-state index contributed by atoms with van der Waals surface area (Å²) in [4.78, 5) is 3.50. The topological polar surface area (TPSA) is 12.4 Å². The van der Waals surface area contributed by atoms with Gasteiger partial charge in [0.1, 0.15) is 5.03 Å². The molecule has 38 valence electrons. The number of nitrogens with zero attached hydrogens (tertiary/aromatic N) is 1. The minimum atomic E-state index is 0.298. The second kappa shape index (κ2) is 1.66. The summed E-state index contributed by atoms with van der Waals surface area (Å²) in [6.45, 7) is 0. The number of hydrogen-bond donors (Lipinski definition) is 0. The van der Waals surface area contributed by atoms with E-state index in [1.165, 1.54) is 0 Å². The first kappa shape index (κ1) is 5.42. The largest absolute Gasteiger partial charge is 0.221 e. The molecule has 0 atom stereocenters. The predicted octanol–water partition coefficient (Wildman–Crippen LogP) is 2.28. The summed E-state index contributed by atoms with van der Waals surface area (Å²) in [5.74, 6) is 0. The van der Waals surface area contributed by atoms with E-state index in [-0.39, 0.29) is 0 Å². The second-order valence-corrected chi connectivity index (χ2v) is 2.10. The molecule has 0 saturated carbocycles. The Hall–Kier alpha value is 0.280. The van der Waals surface area contributed by atoms with Gasteiger partial charge in [0, 0.05) is 0 Å². The van der Waals surface area contributed by atoms with E-state index in [0.29, 0.717) is 15.4 Å². The molecule has 0 fully saturated rings. The Labute approximate surface area is 55.6 Å². The molecule has 1 aliphatic heterocycles. The van der Waals surface area contributed by atoms with Crippen molar-refractivity contribution in [3.8, 4) is 0 Å². The SMILES string of the molecule is ClC1=NC(Cl)=C1Cl. The van der Waals surface area contributed by atoms with Crippen molar-refractivity contribution in [2.75, 3.05) is 0 Å². The van der Waals surface area contributed by atoms with Gasteiger partial charge < -0.3 is 0 Å². The van der Waals surface area contributed by atoms with Gasteiger partial charge in [0.05, 0.1) is 0 Å². The van der Waals surface area contributed by atoms with Crippen molar-refractivity contribution in [2.24, 2.45) is 4.99 Å². The molecule has 0 unspecified atom stereocenters. The lowest BCUT2D eigenvalue weighted by atomic mass is 10.5. The Morgan fingerprint density at radius 1 is 1.14 bits per heavy atom. The molecule has 1 heterocycles. The van der Waals surface area contributed by atoms with Crippen LogP contribution in [-0.4, -0.2) is 5.17 Å². The predicted molar refractivity (Wildman–Crippen MR) is 32.0 cm³/mol. The smallest absolute Gasteiger partial charge is 0.152 e. The second-order valence-electron chi connectivity index (χ2n) is 1.01. The average Bonchev–Trinajstić information content (AvgIpc) is 1.68. The summed E-state index contributed by atoms with van der Waals surface area (Å²) >= 11 is 15.9. The third kappa shape index (κ3) is 0.763. The highest BCUT2D eigenvalue weighted by atomic mass is 35.5. The number of hydrogen-bond acceptors (Lipinski definition) is 1. The maximum atomic E-state index is 5.33. The van der Waals surface area contributed by atoms with Gasteiger partial charge in [-0.2, -0.15) is 0 Å². The van der Waals surface area contributed by atoms with Gasteiger partial charge in [-0.1, -0.05) is 34.8 Å². The maximum absolute atomic E-state index is 5.33. The van der Waals surface area contributed by atoms with Gasteiger partial charge in [0.15, 0.2) is 10.3 Å². The van der Waals surface area contributed by atoms with Crippen molar-refractivity contribution in [1.82, 2.24) is 0 Å². The molecule has 7 heavy (non-hydrogen) atoms. The highest BCUT2D eigenvalue weighted by molar-refractivity contribution is 6.79. The maximum Gasteiger partial charge on any atom is 0.152 e. The van der Waals surface area contributed by atoms with Crippen LogP contribution in [-0.2, 0) is 0 Å². The van der Waals surface area contributed by atoms with Crippen LogP contribution >= 0.6 is 34.8 Å². The van der Waals surface area contributed by atoms with Crippen LogP contribution in [0, 0.1) is 0 Å². The highest BCUT2D eigenvalue weighted by Crippen LogP contribution is 2.27. The van der Waals surface area contributed by atoms with Crippen molar-refractivity contribution >= 4 is 40.0 Å². The van der Waals surface area contributed by atoms with Gasteiger partial charge in [0.25, 0.3) is 0 Å². The van der Waals surface area contributed by atoms with Crippen molar-refractivity contribution in [3.05, 3.63) is 10.2 Å². The molecule has 0 aromatic carbocycles. The first-order valence-corrected chi connectivity index (χ1v) is 2.65. The molecule has 4 heteroatoms. The first-order valence-electron chi connectivity index (χ1n) is 1.51. The van der Waals surface area contributed by atoms with Crippen LogP contribution in [0.15, 0.2) is 15.2 Å². The van der Waals surface area contributed by atoms with Crippen LogP contribution in [0.1, 0.15) is 0 Å². The van der Waals surface area contributed by atoms with E-state index >= 15 is 0 Å². The molecule has 1 aliphatic rings. The molecule has 1 nitrogen and oxygen atoms in total. The monoisotopic (exact) mass is 155 g/mol. The highest BCUT2D eigenvalue weighted by Gasteiger charge is 2.15. The Balaban J connectivity index is 2.73. The zero-order chi connectivity index (χ0) is 5.44. The fourth-order valence-electron chi connectivity index (χ4n) is 0.217. The molecule has 0 bridgehead atoms. The number of halogens is 3. The quantitative estimate of drug-likeness (QED) is 0.477. The Bertz CT molecular complexity index is 158. The molecule has 0 spiro atoms. The average molecular weight is 156 g/mol. The molecule has 0 N–H and O–H groups in total. The molecule has 0 amide bonds. The summed E-state index contributed by atoms with van der Waals surface area (Å²) in [6.07, 6.45) is 0. The van der Waals surface area contributed by atoms with E-state index in [1.807, 2.05) is 0 Å². The third-order valence-corrected chi connectivity index (χ3v) is 1.66. The summed E-state index contributed by atoms with van der Waals surface area (Å²) in [7, 11) is 0. The van der Waals surface area contributed by atoms with Gasteiger partial charge in [-0.15, -0.1) is 0 Å². The van der Waals surface area contributed by atoms with Gasteiger partial charge in [-0.25, -0.2) is 4.99 Å². The minimum Gasteiger partial charge on any atom is -0.221 e. The van der Waals surface area contributed by atoms with E-state index in [9.17, 15) is 0 Å². The van der Waals surface area contributed by atoms with Gasteiger partial charge in [0.2, 0.25) is 0 Å². The minimum absolute atomic E-state index is 0.298. The van der Waals surface area contributed by atoms with Crippen molar-refractivity contribution in [3.63, 3.8) is 0 Å². The Morgan fingerprint density at radius 2 is 1.71 bits per heavy atom. The number of rotatable bonds is 0. The van der Waals surface area contributed by atoms with E-state index in [0.717, 1.165) is 0 Å². The first-order chi connectivity index (χ1) is 3.22. The Kier molecular flexibility index (Phi) is 1.28. The van der Waals surface area contributed by atoms with Crippen molar-refractivity contribution in [2.45, 2.75) is 0 Å². The molecular weight excluding hydrogens is 156 g/mol. The van der Waals surface area contributed by atoms with Gasteiger partial charge in [-0.05, 0) is 0 Å². The lowest BCUT2D eigenvalue weighted by Crippen LogP contribution is -1.98. The van der Waals surface area contributed by atoms with E-state index in [1.54, 1.807) is 0 Å². The fraction of sp³-hybridized carbons (Fsp3) is 0. The molecule has 1 rings (SSSR count). The number of allylic oxidation sites excluding steroid dienone is 1. The molecule has 0 aliphatic carbocycles. The van der Waals surface area contributed by atoms with Crippen LogP contribution in [0.2, 0.25) is 0 Å². The van der Waals surface area contributed by atoms with E-state index < -0.39 is 0 Å². The van der Waals surface area contributed by atoms with Crippen LogP contribution < -0.4 is 0 Å². The van der Waals surface area contributed by atoms with Crippen molar-refractivity contribution in [1.29, 1.82) is 0 Å². The summed E-state index contributed by atoms with van der Waals surface area (Å²) in [5, 5.41) is 0.960. The van der Waals surface area contributed by atoms with Crippen molar-refractivity contribution < 1.29 is 0 Å². The van der Waals surface area contributed by atoms with Crippen LogP contribution in [0.5, 0.6) is 0 Å². The zero-order valence-corrected chi connectivity index (χ0v) is 5.35. The Morgan fingerprint density at radius 3 is 1.71 bits per heavy atom. The number of aliphatic imine (C=N–C) groups is 1. The molecule has 0 aromatic heterocycles. The van der Waals surface area contributed by atoms with E-state index in [2.05, 4.69) is 4.99 Å². The normalized spacial score (nSPS) is 19.0. The van der Waals surface area contributed by atoms with Gasteiger partial charge >= 0.3 is 0 Å². The summed E-state index contributed by atoms with van der Waals surface area (Å²) in [5.41, 5.74) is 0. The molecule has 0 radical (unpaired) electrons.